The van der Waals surface area contributed by atoms with Crippen LogP contribution in [0.2, 0.25) is 5.02 Å². The van der Waals surface area contributed by atoms with Gasteiger partial charge in [-0.05, 0) is 69.7 Å². The van der Waals surface area contributed by atoms with Crippen molar-refractivity contribution in [2.75, 3.05) is 11.9 Å². The summed E-state index contributed by atoms with van der Waals surface area (Å²) in [4.78, 5) is 11.9. The molecule has 3 N–H and O–H groups in total. The molecule has 1 aliphatic rings. The minimum absolute atomic E-state index is 0.143. The van der Waals surface area contributed by atoms with Crippen molar-refractivity contribution in [3.8, 4) is 0 Å². The monoisotopic (exact) mass is 324 g/mol. The number of hydrogen-bond donors (Lipinski definition) is 2. The SMILES string of the molecule is CC(C)(C)OC(=O)Nc1cc(C2(CCN)CCC2)ccc1Cl. The molecule has 0 bridgehead atoms. The van der Waals surface area contributed by atoms with E-state index in [0.29, 0.717) is 17.3 Å². The maximum absolute atomic E-state index is 11.9. The molecule has 122 valence electrons. The van der Waals surface area contributed by atoms with Crippen molar-refractivity contribution in [3.63, 3.8) is 0 Å². The fourth-order valence-corrected chi connectivity index (χ4v) is 3.09. The predicted molar refractivity (Wildman–Crippen MR) is 90.5 cm³/mol. The lowest BCUT2D eigenvalue weighted by atomic mass is 9.62. The zero-order chi connectivity index (χ0) is 16.4. The zero-order valence-electron chi connectivity index (χ0n) is 13.5. The molecule has 1 aromatic rings. The summed E-state index contributed by atoms with van der Waals surface area (Å²) in [6.45, 7) is 6.15. The van der Waals surface area contributed by atoms with Crippen LogP contribution in [0.15, 0.2) is 18.2 Å². The molecular weight excluding hydrogens is 300 g/mol. The Morgan fingerprint density at radius 2 is 2.09 bits per heavy atom. The normalized spacial score (nSPS) is 16.8. The number of ether oxygens (including phenoxy) is 1. The zero-order valence-corrected chi connectivity index (χ0v) is 14.3. The van der Waals surface area contributed by atoms with E-state index in [9.17, 15) is 4.79 Å². The lowest BCUT2D eigenvalue weighted by Crippen LogP contribution is -2.36. The third-order valence-electron chi connectivity index (χ3n) is 4.15. The van der Waals surface area contributed by atoms with Crippen molar-refractivity contribution < 1.29 is 9.53 Å². The van der Waals surface area contributed by atoms with Gasteiger partial charge in [0, 0.05) is 0 Å². The Labute approximate surface area is 137 Å². The van der Waals surface area contributed by atoms with Gasteiger partial charge in [-0.3, -0.25) is 5.32 Å². The van der Waals surface area contributed by atoms with Crippen LogP contribution in [-0.4, -0.2) is 18.2 Å². The predicted octanol–water partition coefficient (Wildman–Crippen LogP) is 4.46. The molecule has 1 amide bonds. The van der Waals surface area contributed by atoms with E-state index in [-0.39, 0.29) is 5.41 Å². The summed E-state index contributed by atoms with van der Waals surface area (Å²) in [6.07, 6.45) is 3.96. The first-order valence-corrected chi connectivity index (χ1v) is 8.14. The number of amides is 1. The van der Waals surface area contributed by atoms with E-state index in [0.717, 1.165) is 19.3 Å². The minimum Gasteiger partial charge on any atom is -0.444 e. The largest absolute Gasteiger partial charge is 0.444 e. The molecular formula is C17H25ClN2O2. The van der Waals surface area contributed by atoms with E-state index in [2.05, 4.69) is 5.32 Å². The molecule has 0 saturated heterocycles. The summed E-state index contributed by atoms with van der Waals surface area (Å²) in [7, 11) is 0. The third kappa shape index (κ3) is 3.93. The maximum atomic E-state index is 11.9. The molecule has 0 heterocycles. The molecule has 0 radical (unpaired) electrons. The fraction of sp³-hybridized carbons (Fsp3) is 0.588. The summed E-state index contributed by atoms with van der Waals surface area (Å²) in [5.41, 5.74) is 7.16. The Morgan fingerprint density at radius 3 is 2.59 bits per heavy atom. The molecule has 4 nitrogen and oxygen atoms in total. The van der Waals surface area contributed by atoms with E-state index in [1.54, 1.807) is 0 Å². The van der Waals surface area contributed by atoms with Gasteiger partial charge in [-0.25, -0.2) is 4.79 Å². The van der Waals surface area contributed by atoms with Gasteiger partial charge in [0.05, 0.1) is 10.7 Å². The molecule has 1 saturated carbocycles. The Hall–Kier alpha value is -1.26. The Morgan fingerprint density at radius 1 is 1.41 bits per heavy atom. The van der Waals surface area contributed by atoms with Crippen LogP contribution in [0, 0.1) is 0 Å². The molecule has 5 heteroatoms. The van der Waals surface area contributed by atoms with Gasteiger partial charge in [-0.2, -0.15) is 0 Å². The van der Waals surface area contributed by atoms with Crippen LogP contribution in [0.4, 0.5) is 10.5 Å². The topological polar surface area (TPSA) is 64.3 Å². The standard InChI is InChI=1S/C17H25ClN2O2/c1-16(2,3)22-15(21)20-14-11-12(5-6-13(14)18)17(9-10-19)7-4-8-17/h5-6,11H,4,7-10,19H2,1-3H3,(H,20,21). The number of anilines is 1. The summed E-state index contributed by atoms with van der Waals surface area (Å²) in [5, 5.41) is 3.26. The number of hydrogen-bond acceptors (Lipinski definition) is 3. The number of carbonyl (C=O) groups excluding carboxylic acids is 1. The molecule has 0 spiro atoms. The summed E-state index contributed by atoms with van der Waals surface area (Å²) < 4.78 is 5.28. The van der Waals surface area contributed by atoms with Crippen LogP contribution in [0.3, 0.4) is 0 Å². The first-order valence-electron chi connectivity index (χ1n) is 7.76. The number of rotatable bonds is 4. The van der Waals surface area contributed by atoms with E-state index in [1.165, 1.54) is 12.0 Å². The van der Waals surface area contributed by atoms with Crippen LogP contribution in [0.1, 0.15) is 52.0 Å². The maximum Gasteiger partial charge on any atom is 0.412 e. The number of nitrogens with two attached hydrogens (primary N) is 1. The van der Waals surface area contributed by atoms with Crippen LogP contribution >= 0.6 is 11.6 Å². The second kappa shape index (κ2) is 6.47. The number of nitrogens with one attached hydrogen (secondary N) is 1. The van der Waals surface area contributed by atoms with Crippen LogP contribution in [0.25, 0.3) is 0 Å². The van der Waals surface area contributed by atoms with Crippen molar-refractivity contribution in [1.29, 1.82) is 0 Å². The van der Waals surface area contributed by atoms with Gasteiger partial charge in [0.15, 0.2) is 0 Å². The Kier molecular flexibility index (Phi) is 5.03. The van der Waals surface area contributed by atoms with Crippen molar-refractivity contribution in [2.24, 2.45) is 5.73 Å². The lowest BCUT2D eigenvalue weighted by Gasteiger charge is -2.42. The number of benzene rings is 1. The van der Waals surface area contributed by atoms with E-state index in [1.807, 2.05) is 39.0 Å². The smallest absolute Gasteiger partial charge is 0.412 e. The molecule has 2 rings (SSSR count). The highest BCUT2D eigenvalue weighted by Crippen LogP contribution is 2.47. The third-order valence-corrected chi connectivity index (χ3v) is 4.48. The van der Waals surface area contributed by atoms with Crippen molar-refractivity contribution in [2.45, 2.75) is 57.5 Å². The van der Waals surface area contributed by atoms with E-state index >= 15 is 0 Å². The Bertz CT molecular complexity index is 548. The van der Waals surface area contributed by atoms with Crippen molar-refractivity contribution in [1.82, 2.24) is 0 Å². The molecule has 0 unspecified atom stereocenters. The fourth-order valence-electron chi connectivity index (χ4n) is 2.93. The summed E-state index contributed by atoms with van der Waals surface area (Å²) >= 11 is 6.20. The second-order valence-corrected chi connectivity index (χ2v) is 7.40. The first kappa shape index (κ1) is 17.1. The van der Waals surface area contributed by atoms with Gasteiger partial charge < -0.3 is 10.5 Å². The Balaban J connectivity index is 2.18. The first-order chi connectivity index (χ1) is 10.3. The van der Waals surface area contributed by atoms with Gasteiger partial charge in [-0.1, -0.05) is 24.1 Å². The van der Waals surface area contributed by atoms with Crippen LogP contribution in [-0.2, 0) is 10.2 Å². The number of halogens is 1. The van der Waals surface area contributed by atoms with Gasteiger partial charge in [0.2, 0.25) is 0 Å². The molecule has 1 aliphatic carbocycles. The van der Waals surface area contributed by atoms with Gasteiger partial charge in [-0.15, -0.1) is 0 Å². The van der Waals surface area contributed by atoms with Crippen molar-refractivity contribution in [3.05, 3.63) is 28.8 Å². The quantitative estimate of drug-likeness (QED) is 0.859. The summed E-state index contributed by atoms with van der Waals surface area (Å²) in [6, 6.07) is 5.83. The highest BCUT2D eigenvalue weighted by Gasteiger charge is 2.38. The lowest BCUT2D eigenvalue weighted by molar-refractivity contribution is 0.0636. The molecule has 1 aromatic carbocycles. The molecule has 0 aromatic heterocycles. The molecule has 1 fully saturated rings. The van der Waals surface area contributed by atoms with Gasteiger partial charge in [0.25, 0.3) is 0 Å². The average Bonchev–Trinajstić information content (AvgIpc) is 2.34. The highest BCUT2D eigenvalue weighted by molar-refractivity contribution is 6.33. The summed E-state index contributed by atoms with van der Waals surface area (Å²) in [5.74, 6) is 0. The van der Waals surface area contributed by atoms with Crippen LogP contribution in [0.5, 0.6) is 0 Å². The van der Waals surface area contributed by atoms with E-state index in [4.69, 9.17) is 22.1 Å². The highest BCUT2D eigenvalue weighted by atomic mass is 35.5. The molecule has 22 heavy (non-hydrogen) atoms. The number of carbonyl (C=O) groups is 1. The second-order valence-electron chi connectivity index (χ2n) is 6.99. The average molecular weight is 325 g/mol. The van der Waals surface area contributed by atoms with Gasteiger partial charge in [0.1, 0.15) is 5.60 Å². The van der Waals surface area contributed by atoms with Crippen LogP contribution < -0.4 is 11.1 Å². The minimum atomic E-state index is -0.539. The van der Waals surface area contributed by atoms with Gasteiger partial charge >= 0.3 is 6.09 Å². The van der Waals surface area contributed by atoms with E-state index < -0.39 is 11.7 Å². The van der Waals surface area contributed by atoms with Crippen molar-refractivity contribution >= 4 is 23.4 Å². The molecule has 0 atom stereocenters. The molecule has 0 aliphatic heterocycles.